The van der Waals surface area contributed by atoms with E-state index in [1.54, 1.807) is 24.4 Å². The Morgan fingerprint density at radius 1 is 1.04 bits per heavy atom. The van der Waals surface area contributed by atoms with Gasteiger partial charge in [-0.25, -0.2) is 4.79 Å². The van der Waals surface area contributed by atoms with Gasteiger partial charge >= 0.3 is 12.1 Å². The summed E-state index contributed by atoms with van der Waals surface area (Å²) >= 11 is 0. The lowest BCUT2D eigenvalue weighted by Gasteiger charge is -2.19. The first kappa shape index (κ1) is 17.4. The lowest BCUT2D eigenvalue weighted by atomic mass is 9.99. The van der Waals surface area contributed by atoms with E-state index >= 15 is 0 Å². The van der Waals surface area contributed by atoms with Crippen molar-refractivity contribution in [3.8, 4) is 0 Å². The molecule has 6 nitrogen and oxygen atoms in total. The zero-order valence-corrected chi connectivity index (χ0v) is 14.0. The maximum absolute atomic E-state index is 12.2. The molecule has 0 aliphatic heterocycles. The van der Waals surface area contributed by atoms with E-state index in [0.717, 1.165) is 16.5 Å². The fourth-order valence-electron chi connectivity index (χ4n) is 2.75. The number of hydrogen-bond acceptors (Lipinski definition) is 4. The molecular weight excluding hydrogens is 332 g/mol. The Hall–Kier alpha value is -3.41. The van der Waals surface area contributed by atoms with Crippen molar-refractivity contribution >= 4 is 23.0 Å². The fourth-order valence-corrected chi connectivity index (χ4v) is 2.75. The number of nitrogens with zero attached hydrogens (tertiary/aromatic N) is 1. The van der Waals surface area contributed by atoms with Crippen molar-refractivity contribution in [1.29, 1.82) is 0 Å². The Labute approximate surface area is 150 Å². The number of carboxylic acids is 1. The van der Waals surface area contributed by atoms with E-state index in [1.807, 2.05) is 42.5 Å². The Kier molecular flexibility index (Phi) is 5.43. The van der Waals surface area contributed by atoms with Crippen LogP contribution in [0, 0.1) is 0 Å². The van der Waals surface area contributed by atoms with Crippen molar-refractivity contribution in [3.63, 3.8) is 0 Å². The summed E-state index contributed by atoms with van der Waals surface area (Å²) < 4.78 is 5.22. The minimum absolute atomic E-state index is 0.115. The van der Waals surface area contributed by atoms with Crippen LogP contribution in [0.25, 0.3) is 10.9 Å². The predicted octanol–water partition coefficient (Wildman–Crippen LogP) is 3.68. The number of amides is 1. The highest BCUT2D eigenvalue weighted by Gasteiger charge is 2.21. The van der Waals surface area contributed by atoms with Gasteiger partial charge in [0.25, 0.3) is 0 Å². The number of carbonyl (C=O) groups excluding carboxylic acids is 1. The molecule has 0 radical (unpaired) electrons. The van der Waals surface area contributed by atoms with Gasteiger partial charge in [-0.1, -0.05) is 48.5 Å². The van der Waals surface area contributed by atoms with Crippen molar-refractivity contribution in [2.24, 2.45) is 0 Å². The summed E-state index contributed by atoms with van der Waals surface area (Å²) in [5.74, 6) is -1.01. The summed E-state index contributed by atoms with van der Waals surface area (Å²) in [6.07, 6.45) is 0.745. The highest BCUT2D eigenvalue weighted by Crippen LogP contribution is 2.25. The summed E-state index contributed by atoms with van der Waals surface area (Å²) in [5.41, 5.74) is 2.28. The molecular formula is C20H18N2O4. The van der Waals surface area contributed by atoms with Crippen molar-refractivity contribution in [2.75, 3.05) is 0 Å². The number of ether oxygens (including phenoxy) is 1. The summed E-state index contributed by atoms with van der Waals surface area (Å²) in [6, 6.07) is 17.6. The number of aliphatic carboxylic acids is 1. The van der Waals surface area contributed by atoms with E-state index in [1.165, 1.54) is 0 Å². The number of carbonyl (C=O) groups is 2. The quantitative estimate of drug-likeness (QED) is 0.708. The smallest absolute Gasteiger partial charge is 0.407 e. The molecule has 2 N–H and O–H groups in total. The molecule has 6 heteroatoms. The van der Waals surface area contributed by atoms with Crippen molar-refractivity contribution < 1.29 is 19.4 Å². The molecule has 0 spiro atoms. The molecule has 1 amide bonds. The van der Waals surface area contributed by atoms with E-state index in [9.17, 15) is 14.7 Å². The van der Waals surface area contributed by atoms with Crippen LogP contribution in [0.15, 0.2) is 66.9 Å². The predicted molar refractivity (Wildman–Crippen MR) is 96.5 cm³/mol. The number of alkyl carbamates (subject to hydrolysis) is 1. The summed E-state index contributed by atoms with van der Waals surface area (Å²) in [6.45, 7) is 0.115. The second-order valence-electron chi connectivity index (χ2n) is 5.77. The third-order valence-electron chi connectivity index (χ3n) is 3.94. The minimum Gasteiger partial charge on any atom is -0.481 e. The van der Waals surface area contributed by atoms with Gasteiger partial charge in [-0.05, 0) is 23.3 Å². The Bertz CT molecular complexity index is 907. The van der Waals surface area contributed by atoms with Crippen molar-refractivity contribution in [3.05, 3.63) is 78.0 Å². The van der Waals surface area contributed by atoms with Crippen LogP contribution in [0.4, 0.5) is 4.79 Å². The van der Waals surface area contributed by atoms with Crippen LogP contribution in [-0.2, 0) is 16.1 Å². The maximum atomic E-state index is 12.2. The number of nitrogens with one attached hydrogen (secondary N) is 1. The Morgan fingerprint density at radius 2 is 1.85 bits per heavy atom. The van der Waals surface area contributed by atoms with Crippen LogP contribution >= 0.6 is 0 Å². The summed E-state index contributed by atoms with van der Waals surface area (Å²) in [4.78, 5) is 27.7. The van der Waals surface area contributed by atoms with E-state index in [0.29, 0.717) is 5.56 Å². The number of benzene rings is 2. The number of fused-ring (bicyclic) bond motifs is 1. The lowest BCUT2D eigenvalue weighted by Crippen LogP contribution is -2.30. The third-order valence-corrected chi connectivity index (χ3v) is 3.94. The Balaban J connectivity index is 1.77. The van der Waals surface area contributed by atoms with E-state index < -0.39 is 18.1 Å². The molecule has 1 aromatic heterocycles. The zero-order valence-electron chi connectivity index (χ0n) is 14.0. The van der Waals surface area contributed by atoms with Crippen LogP contribution in [0.2, 0.25) is 0 Å². The zero-order chi connectivity index (χ0) is 18.4. The molecule has 0 aliphatic rings. The molecule has 0 bridgehead atoms. The maximum Gasteiger partial charge on any atom is 0.407 e. The lowest BCUT2D eigenvalue weighted by molar-refractivity contribution is -0.137. The van der Waals surface area contributed by atoms with Crippen LogP contribution in [-0.4, -0.2) is 22.2 Å². The highest BCUT2D eigenvalue weighted by molar-refractivity contribution is 5.84. The van der Waals surface area contributed by atoms with E-state index in [-0.39, 0.29) is 13.0 Å². The molecule has 0 aliphatic carbocycles. The number of rotatable bonds is 6. The molecule has 0 saturated carbocycles. The monoisotopic (exact) mass is 350 g/mol. The van der Waals surface area contributed by atoms with E-state index in [4.69, 9.17) is 4.74 Å². The van der Waals surface area contributed by atoms with Gasteiger partial charge in [0.2, 0.25) is 0 Å². The van der Waals surface area contributed by atoms with Crippen LogP contribution in [0.5, 0.6) is 0 Å². The summed E-state index contributed by atoms with van der Waals surface area (Å²) in [7, 11) is 0. The van der Waals surface area contributed by atoms with Crippen LogP contribution in [0.1, 0.15) is 23.6 Å². The first-order valence-electron chi connectivity index (χ1n) is 8.16. The molecule has 2 aromatic carbocycles. The molecule has 1 unspecified atom stereocenters. The molecule has 26 heavy (non-hydrogen) atoms. The third kappa shape index (κ3) is 4.36. The molecule has 1 heterocycles. The molecule has 0 fully saturated rings. The van der Waals surface area contributed by atoms with Crippen LogP contribution < -0.4 is 5.32 Å². The van der Waals surface area contributed by atoms with Crippen molar-refractivity contribution in [1.82, 2.24) is 10.3 Å². The first-order valence-corrected chi connectivity index (χ1v) is 8.16. The minimum atomic E-state index is -1.01. The molecule has 3 rings (SSSR count). The number of aromatic nitrogens is 1. The molecule has 132 valence electrons. The average Bonchev–Trinajstić information content (AvgIpc) is 2.66. The standard InChI is InChI=1S/C20H18N2O4/c23-19(24)12-18(16-8-4-10-17-15(16)9-5-11-21-17)22-20(25)26-13-14-6-2-1-3-7-14/h1-11,18H,12-13H2,(H,22,25)(H,23,24). The Morgan fingerprint density at radius 3 is 2.62 bits per heavy atom. The van der Waals surface area contributed by atoms with Crippen LogP contribution in [0.3, 0.4) is 0 Å². The number of hydrogen-bond donors (Lipinski definition) is 2. The first-order chi connectivity index (χ1) is 12.6. The van der Waals surface area contributed by atoms with Crippen molar-refractivity contribution in [2.45, 2.75) is 19.1 Å². The molecule has 3 aromatic rings. The normalized spacial score (nSPS) is 11.7. The van der Waals surface area contributed by atoms with Gasteiger partial charge < -0.3 is 15.2 Å². The molecule has 1 atom stereocenters. The topological polar surface area (TPSA) is 88.5 Å². The molecule has 0 saturated heterocycles. The average molecular weight is 350 g/mol. The SMILES string of the molecule is O=C(O)CC(NC(=O)OCc1ccccc1)c1cccc2ncccc12. The summed E-state index contributed by atoms with van der Waals surface area (Å²) in [5, 5.41) is 12.7. The largest absolute Gasteiger partial charge is 0.481 e. The number of pyridine rings is 1. The van der Waals surface area contributed by atoms with Gasteiger partial charge in [-0.2, -0.15) is 0 Å². The second-order valence-corrected chi connectivity index (χ2v) is 5.77. The van der Waals surface area contributed by atoms with Gasteiger partial charge in [-0.3, -0.25) is 9.78 Å². The highest BCUT2D eigenvalue weighted by atomic mass is 16.5. The van der Waals surface area contributed by atoms with Gasteiger partial charge in [-0.15, -0.1) is 0 Å². The fraction of sp³-hybridized carbons (Fsp3) is 0.150. The van der Waals surface area contributed by atoms with Gasteiger partial charge in [0.15, 0.2) is 0 Å². The van der Waals surface area contributed by atoms with Gasteiger partial charge in [0, 0.05) is 11.6 Å². The van der Waals surface area contributed by atoms with E-state index in [2.05, 4.69) is 10.3 Å². The second kappa shape index (κ2) is 8.11. The van der Waals surface area contributed by atoms with Gasteiger partial charge in [0.05, 0.1) is 18.0 Å². The number of carboxylic acid groups (broad SMARTS) is 1. The van der Waals surface area contributed by atoms with Gasteiger partial charge in [0.1, 0.15) is 6.61 Å².